The summed E-state index contributed by atoms with van der Waals surface area (Å²) in [6.07, 6.45) is 0. The first-order chi connectivity index (χ1) is 29.4. The van der Waals surface area contributed by atoms with Gasteiger partial charge in [0.05, 0.1) is 23.3 Å². The number of benzene rings is 9. The van der Waals surface area contributed by atoms with Gasteiger partial charge in [-0.05, 0) is 94.2 Å². The first kappa shape index (κ1) is 13.4. The van der Waals surface area contributed by atoms with Crippen LogP contribution < -0.4 is 0 Å². The molecule has 9 aromatic carbocycles. The summed E-state index contributed by atoms with van der Waals surface area (Å²) in [4.78, 5) is 0. The van der Waals surface area contributed by atoms with Crippen LogP contribution in [-0.2, 0) is 0 Å². The van der Waals surface area contributed by atoms with Crippen molar-refractivity contribution in [1.82, 2.24) is 0 Å². The lowest BCUT2D eigenvalue weighted by molar-refractivity contribution is 0.669. The molecule has 0 radical (unpaired) electrons. The fourth-order valence-electron chi connectivity index (χ4n) is 6.51. The molecule has 0 aliphatic rings. The zero-order valence-corrected chi connectivity index (χ0v) is 23.1. The second kappa shape index (κ2) is 9.29. The van der Waals surface area contributed by atoms with Gasteiger partial charge in [-0.1, -0.05) is 139 Å². The number of furan rings is 1. The molecule has 0 spiro atoms. The second-order valence-corrected chi connectivity index (χ2v) is 10.7. The normalized spacial score (nSPS) is 17.3. The predicted octanol–water partition coefficient (Wildman–Crippen LogP) is 12.7. The Morgan fingerprint density at radius 2 is 1.02 bits per heavy atom. The Bertz CT molecular complexity index is 3700. The van der Waals surface area contributed by atoms with Gasteiger partial charge in [-0.2, -0.15) is 0 Å². The van der Waals surface area contributed by atoms with Crippen LogP contribution in [0.5, 0.6) is 0 Å². The lowest BCUT2D eigenvalue weighted by Crippen LogP contribution is -1.92. The van der Waals surface area contributed by atoms with Gasteiger partial charge in [0.15, 0.2) is 0 Å². The highest BCUT2D eigenvalue weighted by atomic mass is 16.3. The molecule has 0 amide bonds. The van der Waals surface area contributed by atoms with E-state index in [4.69, 9.17) is 19.5 Å². The third-order valence-electron chi connectivity index (χ3n) is 8.38. The molecule has 0 atom stereocenters. The van der Waals surface area contributed by atoms with E-state index in [2.05, 4.69) is 0 Å². The van der Waals surface area contributed by atoms with E-state index in [1.807, 2.05) is 42.5 Å². The molecule has 1 heteroatoms. The van der Waals surface area contributed by atoms with Crippen LogP contribution in [0.15, 0.2) is 162 Å². The highest BCUT2D eigenvalue weighted by molar-refractivity contribution is 6.28. The molecule has 0 aliphatic heterocycles. The molecule has 208 valence electrons. The topological polar surface area (TPSA) is 13.1 Å². The van der Waals surface area contributed by atoms with Crippen molar-refractivity contribution in [1.29, 1.82) is 0 Å². The minimum atomic E-state index is -0.758. The fraction of sp³-hybridized carbons (Fsp3) is 0. The third kappa shape index (κ3) is 3.50. The van der Waals surface area contributed by atoms with Gasteiger partial charge in [-0.3, -0.25) is 0 Å². The summed E-state index contributed by atoms with van der Waals surface area (Å²) in [5.41, 5.74) is -1.25. The SMILES string of the molecule is [2H]c1c([2H])c(-c2c3c([2H])c([2H])c([2H])c([2H])c3c(-c3cccc4c3ccc3ccccc34)c3c([2H])c([2H])c([2H])c([2H])c23)c2c(oc3c([2H])c4c([2H])c([2H])c([2H])c([2H])c4c([2H])c32)c1[2H]. The number of hydrogen-bond acceptors (Lipinski definition) is 1. The Labute approximate surface area is 283 Å². The molecule has 10 rings (SSSR count). The molecule has 0 saturated heterocycles. The molecule has 0 fully saturated rings. The lowest BCUT2D eigenvalue weighted by Gasteiger charge is -2.19. The van der Waals surface area contributed by atoms with Crippen molar-refractivity contribution >= 4 is 75.8 Å². The van der Waals surface area contributed by atoms with Crippen molar-refractivity contribution in [2.75, 3.05) is 0 Å². The maximum Gasteiger partial charge on any atom is 0.136 e. The molecule has 0 N–H and O–H groups in total. The summed E-state index contributed by atoms with van der Waals surface area (Å²) in [6, 6.07) is 5.34. The highest BCUT2D eigenvalue weighted by Crippen LogP contribution is 2.48. The van der Waals surface area contributed by atoms with Crippen molar-refractivity contribution in [2.45, 2.75) is 0 Å². The van der Waals surface area contributed by atoms with E-state index in [0.29, 0.717) is 10.9 Å². The van der Waals surface area contributed by atoms with Gasteiger partial charge in [-0.15, -0.1) is 0 Å². The minimum Gasteiger partial charge on any atom is -0.456 e. The molecule has 0 saturated carbocycles. The average molecular weight is 588 g/mol. The molecule has 0 bridgehead atoms. The summed E-state index contributed by atoms with van der Waals surface area (Å²) in [7, 11) is 0. The smallest absolute Gasteiger partial charge is 0.136 e. The first-order valence-corrected chi connectivity index (χ1v) is 14.1. The second-order valence-electron chi connectivity index (χ2n) is 10.7. The summed E-state index contributed by atoms with van der Waals surface area (Å²) < 4.78 is 160. The molecule has 0 aliphatic carbocycles. The van der Waals surface area contributed by atoms with Crippen molar-refractivity contribution in [3.8, 4) is 22.3 Å². The number of rotatable bonds is 2. The molecular formula is C44H26O. The van der Waals surface area contributed by atoms with Crippen LogP contribution in [0.1, 0.15) is 23.3 Å². The Morgan fingerprint density at radius 3 is 1.78 bits per heavy atom. The lowest BCUT2D eigenvalue weighted by atomic mass is 9.83. The van der Waals surface area contributed by atoms with E-state index in [-0.39, 0.29) is 54.2 Å². The molecule has 45 heavy (non-hydrogen) atoms. The quantitative estimate of drug-likeness (QED) is 0.145. The summed E-state index contributed by atoms with van der Waals surface area (Å²) >= 11 is 0. The summed E-state index contributed by atoms with van der Waals surface area (Å²) in [5, 5.41) is 0.775. The van der Waals surface area contributed by atoms with Crippen LogP contribution in [0.25, 0.3) is 98.1 Å². The Balaban J connectivity index is 1.55. The van der Waals surface area contributed by atoms with E-state index < -0.39 is 119 Å². The van der Waals surface area contributed by atoms with Gasteiger partial charge in [-0.25, -0.2) is 0 Å². The molecular weight excluding hydrogens is 544 g/mol. The number of fused-ring (bicyclic) bond motifs is 9. The standard InChI is InChI=1S/C44H26O/c1-2-13-29-26-41-39(25-28(29)12-1)44-38(21-10-22-40(44)45-41)43-36-17-7-5-15-34(36)42(35-16-6-8-18-37(35)43)33-20-9-19-31-30-14-4-3-11-27(30)23-24-32(31)33/h1-26H/i1D,2D,5D,6D,7D,8D,10D,12D,13D,15D,16D,17D,18D,21D,22D,25D,26D. The highest BCUT2D eigenvalue weighted by Gasteiger charge is 2.21. The van der Waals surface area contributed by atoms with Crippen LogP contribution in [0, 0.1) is 0 Å². The van der Waals surface area contributed by atoms with E-state index in [1.54, 1.807) is 12.1 Å². The maximum absolute atomic E-state index is 9.53. The van der Waals surface area contributed by atoms with Crippen LogP contribution in [0.4, 0.5) is 0 Å². The summed E-state index contributed by atoms with van der Waals surface area (Å²) in [6.45, 7) is 0. The third-order valence-corrected chi connectivity index (χ3v) is 8.38. The largest absolute Gasteiger partial charge is 0.456 e. The van der Waals surface area contributed by atoms with E-state index in [1.165, 1.54) is 0 Å². The Morgan fingerprint density at radius 1 is 0.378 bits per heavy atom. The van der Waals surface area contributed by atoms with Crippen molar-refractivity contribution in [3.63, 3.8) is 0 Å². The van der Waals surface area contributed by atoms with Crippen LogP contribution in [0.2, 0.25) is 0 Å². The number of hydrogen-bond donors (Lipinski definition) is 0. The molecule has 0 unspecified atom stereocenters. The predicted molar refractivity (Wildman–Crippen MR) is 192 cm³/mol. The van der Waals surface area contributed by atoms with Gasteiger partial charge < -0.3 is 4.42 Å². The van der Waals surface area contributed by atoms with Crippen LogP contribution in [0.3, 0.4) is 0 Å². The minimum absolute atomic E-state index is 0.0401. The van der Waals surface area contributed by atoms with Gasteiger partial charge in [0, 0.05) is 10.8 Å². The first-order valence-electron chi connectivity index (χ1n) is 22.6. The van der Waals surface area contributed by atoms with Crippen molar-refractivity contribution in [3.05, 3.63) is 157 Å². The average Bonchev–Trinajstić information content (AvgIpc) is 3.68. The van der Waals surface area contributed by atoms with E-state index in [0.717, 1.165) is 16.2 Å². The van der Waals surface area contributed by atoms with Gasteiger partial charge >= 0.3 is 0 Å². The van der Waals surface area contributed by atoms with Gasteiger partial charge in [0.2, 0.25) is 0 Å². The van der Waals surface area contributed by atoms with Gasteiger partial charge in [0.25, 0.3) is 0 Å². The maximum atomic E-state index is 9.53. The summed E-state index contributed by atoms with van der Waals surface area (Å²) in [5.74, 6) is 0. The van der Waals surface area contributed by atoms with Crippen LogP contribution in [-0.4, -0.2) is 0 Å². The zero-order valence-electron chi connectivity index (χ0n) is 40.1. The molecule has 1 nitrogen and oxygen atoms in total. The Kier molecular flexibility index (Phi) is 2.76. The molecule has 1 heterocycles. The monoisotopic (exact) mass is 587 g/mol. The van der Waals surface area contributed by atoms with E-state index in [9.17, 15) is 8.22 Å². The van der Waals surface area contributed by atoms with E-state index >= 15 is 0 Å². The fourth-order valence-corrected chi connectivity index (χ4v) is 6.51. The van der Waals surface area contributed by atoms with Crippen molar-refractivity contribution in [2.24, 2.45) is 0 Å². The molecule has 10 aromatic rings. The Hall–Kier alpha value is -5.92. The van der Waals surface area contributed by atoms with Gasteiger partial charge in [0.1, 0.15) is 11.2 Å². The zero-order chi connectivity index (χ0) is 44.3. The molecule has 1 aromatic heterocycles. The van der Waals surface area contributed by atoms with Crippen LogP contribution >= 0.6 is 0 Å². The van der Waals surface area contributed by atoms with Crippen molar-refractivity contribution < 1.29 is 27.7 Å².